The van der Waals surface area contributed by atoms with E-state index in [2.05, 4.69) is 20.2 Å². The number of hydrogen-bond acceptors (Lipinski definition) is 7. The number of nitrogens with one attached hydrogen (secondary N) is 1. The Morgan fingerprint density at radius 1 is 1.38 bits per heavy atom. The molecule has 1 aliphatic carbocycles. The maximum atomic E-state index is 10.9. The Morgan fingerprint density at radius 2 is 2.14 bits per heavy atom. The molecule has 2 atom stereocenters. The van der Waals surface area contributed by atoms with Gasteiger partial charge in [0.15, 0.2) is 0 Å². The topological polar surface area (TPSA) is 84.8 Å². The van der Waals surface area contributed by atoms with Gasteiger partial charge in [-0.05, 0) is 49.8 Å². The number of halogens is 1. The van der Waals surface area contributed by atoms with Crippen molar-refractivity contribution < 1.29 is 10.2 Å². The summed E-state index contributed by atoms with van der Waals surface area (Å²) in [7, 11) is 5.72. The van der Waals surface area contributed by atoms with Crippen LogP contribution in [0.5, 0.6) is 0 Å². The van der Waals surface area contributed by atoms with Gasteiger partial charge >= 0.3 is 0 Å². The Labute approximate surface area is 177 Å². The van der Waals surface area contributed by atoms with Crippen LogP contribution in [-0.2, 0) is 0 Å². The van der Waals surface area contributed by atoms with Crippen LogP contribution in [0.15, 0.2) is 29.5 Å². The van der Waals surface area contributed by atoms with Gasteiger partial charge in [0.05, 0.1) is 5.56 Å². The van der Waals surface area contributed by atoms with Crippen LogP contribution in [0.4, 0.5) is 11.8 Å². The van der Waals surface area contributed by atoms with Crippen molar-refractivity contribution in [2.45, 2.75) is 32.2 Å². The molecule has 1 saturated carbocycles. The predicted octanol–water partition coefficient (Wildman–Crippen LogP) is 3.44. The van der Waals surface area contributed by atoms with Gasteiger partial charge < -0.3 is 25.3 Å². The third kappa shape index (κ3) is 5.03. The highest BCUT2D eigenvalue weighted by Gasteiger charge is 2.27. The fourth-order valence-corrected chi connectivity index (χ4v) is 3.91. The Morgan fingerprint density at radius 3 is 2.76 bits per heavy atom. The van der Waals surface area contributed by atoms with Crippen molar-refractivity contribution in [3.8, 4) is 0 Å². The van der Waals surface area contributed by atoms with E-state index in [1.54, 1.807) is 11.0 Å². The van der Waals surface area contributed by atoms with Crippen LogP contribution >= 0.6 is 11.6 Å². The zero-order chi connectivity index (χ0) is 21.1. The molecule has 0 aromatic carbocycles. The van der Waals surface area contributed by atoms with Gasteiger partial charge in [-0.2, -0.15) is 4.98 Å². The minimum atomic E-state index is 0.0272. The lowest BCUT2D eigenvalue weighted by atomic mass is 10.1. The Hall–Kier alpha value is -2.25. The molecule has 1 aliphatic heterocycles. The van der Waals surface area contributed by atoms with E-state index in [0.717, 1.165) is 37.1 Å². The highest BCUT2D eigenvalue weighted by Crippen LogP contribution is 2.34. The molecule has 3 N–H and O–H groups in total. The van der Waals surface area contributed by atoms with E-state index in [4.69, 9.17) is 11.6 Å². The molecule has 2 heterocycles. The number of likely N-dealkylation sites (N-methyl/N-ethyl adjacent to an activating group) is 1. The second-order valence-electron chi connectivity index (χ2n) is 8.04. The van der Waals surface area contributed by atoms with Crippen molar-refractivity contribution in [2.75, 3.05) is 44.5 Å². The van der Waals surface area contributed by atoms with E-state index >= 15 is 0 Å². The van der Waals surface area contributed by atoms with Crippen molar-refractivity contribution in [1.82, 2.24) is 14.9 Å². The summed E-state index contributed by atoms with van der Waals surface area (Å²) in [5, 5.41) is 24.0. The molecule has 1 fully saturated rings. The molecule has 3 rings (SSSR count). The SMILES string of the molecule is CC1=CC(/C=C(\O)c2c(Cl)nc(N(C)C)nc2NC2CCC(CO)C2)=CCN1C. The predicted molar refractivity (Wildman–Crippen MR) is 118 cm³/mol. The van der Waals surface area contributed by atoms with Crippen LogP contribution in [0.2, 0.25) is 5.15 Å². The lowest BCUT2D eigenvalue weighted by molar-refractivity contribution is 0.229. The second kappa shape index (κ2) is 9.05. The summed E-state index contributed by atoms with van der Waals surface area (Å²) in [4.78, 5) is 12.8. The van der Waals surface area contributed by atoms with E-state index < -0.39 is 0 Å². The van der Waals surface area contributed by atoms with Gasteiger partial charge in [-0.1, -0.05) is 17.7 Å². The first kappa shape index (κ1) is 21.5. The zero-order valence-corrected chi connectivity index (χ0v) is 18.2. The van der Waals surface area contributed by atoms with E-state index in [0.29, 0.717) is 23.2 Å². The molecule has 1 aromatic rings. The first-order valence-corrected chi connectivity index (χ1v) is 10.3. The fourth-order valence-electron chi connectivity index (χ4n) is 3.65. The van der Waals surface area contributed by atoms with Crippen molar-refractivity contribution in [2.24, 2.45) is 5.92 Å². The molecule has 0 spiro atoms. The first-order chi connectivity index (χ1) is 13.8. The van der Waals surface area contributed by atoms with Crippen LogP contribution in [0.1, 0.15) is 31.7 Å². The van der Waals surface area contributed by atoms with Crippen LogP contribution in [-0.4, -0.2) is 65.4 Å². The van der Waals surface area contributed by atoms with Gasteiger partial charge in [0, 0.05) is 46.0 Å². The van der Waals surface area contributed by atoms with Crippen LogP contribution < -0.4 is 10.2 Å². The van der Waals surface area contributed by atoms with Gasteiger partial charge in [0.25, 0.3) is 0 Å². The number of allylic oxidation sites excluding steroid dienone is 4. The molecule has 158 valence electrons. The van der Waals surface area contributed by atoms with Gasteiger partial charge in [0.2, 0.25) is 5.95 Å². The number of hydrogen-bond donors (Lipinski definition) is 3. The van der Waals surface area contributed by atoms with Gasteiger partial charge in [-0.25, -0.2) is 4.98 Å². The molecular weight excluding hydrogens is 390 g/mol. The largest absolute Gasteiger partial charge is 0.507 e. The average Bonchev–Trinajstić information content (AvgIpc) is 3.11. The van der Waals surface area contributed by atoms with Crippen LogP contribution in [0.3, 0.4) is 0 Å². The van der Waals surface area contributed by atoms with Gasteiger partial charge in [-0.15, -0.1) is 0 Å². The lowest BCUT2D eigenvalue weighted by Gasteiger charge is -2.22. The monoisotopic (exact) mass is 419 g/mol. The van der Waals surface area contributed by atoms with E-state index in [1.165, 1.54) is 0 Å². The summed E-state index contributed by atoms with van der Waals surface area (Å²) >= 11 is 6.48. The van der Waals surface area contributed by atoms with Crippen LogP contribution in [0.25, 0.3) is 5.76 Å². The van der Waals surface area contributed by atoms with Crippen molar-refractivity contribution in [3.05, 3.63) is 40.2 Å². The molecule has 1 aromatic heterocycles. The quantitative estimate of drug-likeness (QED) is 0.481. The Balaban J connectivity index is 1.95. The fraction of sp³-hybridized carbons (Fsp3) is 0.524. The van der Waals surface area contributed by atoms with Crippen molar-refractivity contribution in [3.63, 3.8) is 0 Å². The number of anilines is 2. The standard InChI is InChI=1S/C21H30ClN5O2/c1-13-9-14(7-8-27(13)4)11-17(29)18-19(22)24-21(26(2)3)25-20(18)23-16-6-5-15(10-16)12-28/h7,9,11,15-16,28-29H,5-6,8,10,12H2,1-4H3,(H,23,24,25)/b17-11-. The van der Waals surface area contributed by atoms with E-state index in [9.17, 15) is 10.2 Å². The molecule has 0 amide bonds. The minimum absolute atomic E-state index is 0.0272. The average molecular weight is 420 g/mol. The number of rotatable bonds is 6. The third-order valence-corrected chi connectivity index (χ3v) is 5.80. The number of aliphatic hydroxyl groups is 2. The minimum Gasteiger partial charge on any atom is -0.507 e. The molecule has 0 radical (unpaired) electrons. The normalized spacial score (nSPS) is 22.4. The third-order valence-electron chi connectivity index (χ3n) is 5.53. The summed E-state index contributed by atoms with van der Waals surface area (Å²) in [6.45, 7) is 3.00. The highest BCUT2D eigenvalue weighted by molar-refractivity contribution is 6.31. The molecule has 2 unspecified atom stereocenters. The van der Waals surface area contributed by atoms with E-state index in [-0.39, 0.29) is 23.6 Å². The summed E-state index contributed by atoms with van der Waals surface area (Å²) in [5.41, 5.74) is 2.44. The second-order valence-corrected chi connectivity index (χ2v) is 8.39. The highest BCUT2D eigenvalue weighted by atomic mass is 35.5. The molecule has 7 nitrogen and oxygen atoms in total. The van der Waals surface area contributed by atoms with Crippen molar-refractivity contribution >= 4 is 29.1 Å². The molecular formula is C21H30ClN5O2. The molecule has 8 heteroatoms. The number of aliphatic hydroxyl groups excluding tert-OH is 2. The van der Waals surface area contributed by atoms with Crippen LogP contribution in [0, 0.1) is 5.92 Å². The molecule has 0 saturated heterocycles. The smallest absolute Gasteiger partial charge is 0.228 e. The molecule has 0 bridgehead atoms. The van der Waals surface area contributed by atoms with Gasteiger partial charge in [-0.3, -0.25) is 0 Å². The summed E-state index contributed by atoms with van der Waals surface area (Å²) in [6, 6.07) is 0.171. The number of aromatic nitrogens is 2. The van der Waals surface area contributed by atoms with E-state index in [1.807, 2.05) is 40.2 Å². The lowest BCUT2D eigenvalue weighted by Crippen LogP contribution is -2.21. The first-order valence-electron chi connectivity index (χ1n) is 9.91. The Kier molecular flexibility index (Phi) is 6.70. The zero-order valence-electron chi connectivity index (χ0n) is 17.5. The summed E-state index contributed by atoms with van der Waals surface area (Å²) in [6.07, 6.45) is 8.52. The number of nitrogens with zero attached hydrogens (tertiary/aromatic N) is 4. The van der Waals surface area contributed by atoms with Crippen molar-refractivity contribution in [1.29, 1.82) is 0 Å². The maximum absolute atomic E-state index is 10.9. The summed E-state index contributed by atoms with van der Waals surface area (Å²) in [5.74, 6) is 1.31. The van der Waals surface area contributed by atoms with Gasteiger partial charge in [0.1, 0.15) is 16.7 Å². The maximum Gasteiger partial charge on any atom is 0.228 e. The molecule has 2 aliphatic rings. The Bertz CT molecular complexity index is 850. The summed E-state index contributed by atoms with van der Waals surface area (Å²) < 4.78 is 0. The molecule has 29 heavy (non-hydrogen) atoms.